The van der Waals surface area contributed by atoms with E-state index < -0.39 is 4.92 Å². The number of carbonyl (C=O) groups is 1. The number of thiocarbonyl (C=S) groups is 1. The quantitative estimate of drug-likeness (QED) is 0.363. The summed E-state index contributed by atoms with van der Waals surface area (Å²) in [6.45, 7) is 0. The van der Waals surface area contributed by atoms with E-state index in [0.717, 1.165) is 11.8 Å². The standard InChI is InChI=1S/C11H7ClN2O3S2/c1-13-10(15)9(19-11(13)18)5-6-4-7(14(16)17)2-3-8(6)12/h2-5H,1H3/b9-5+. The van der Waals surface area contributed by atoms with Crippen LogP contribution in [0.3, 0.4) is 0 Å². The number of likely N-dealkylation sites (N-methyl/N-ethyl adjacent to an activating group) is 1. The molecule has 1 aromatic carbocycles. The first-order valence-electron chi connectivity index (χ1n) is 5.05. The van der Waals surface area contributed by atoms with Crippen LogP contribution in [0.2, 0.25) is 5.02 Å². The van der Waals surface area contributed by atoms with Gasteiger partial charge in [-0.15, -0.1) is 0 Å². The number of hydrogen-bond donors (Lipinski definition) is 0. The fourth-order valence-electron chi connectivity index (χ4n) is 1.44. The molecule has 5 nitrogen and oxygen atoms in total. The van der Waals surface area contributed by atoms with Gasteiger partial charge in [-0.1, -0.05) is 35.6 Å². The summed E-state index contributed by atoms with van der Waals surface area (Å²) in [7, 11) is 1.58. The summed E-state index contributed by atoms with van der Waals surface area (Å²) in [5.74, 6) is -0.238. The van der Waals surface area contributed by atoms with Gasteiger partial charge in [-0.2, -0.15) is 0 Å². The highest BCUT2D eigenvalue weighted by atomic mass is 35.5. The molecule has 1 heterocycles. The van der Waals surface area contributed by atoms with Crippen molar-refractivity contribution >= 4 is 57.6 Å². The number of halogens is 1. The molecule has 0 radical (unpaired) electrons. The minimum atomic E-state index is -0.515. The van der Waals surface area contributed by atoms with Crippen molar-refractivity contribution in [1.29, 1.82) is 0 Å². The van der Waals surface area contributed by atoms with E-state index in [2.05, 4.69) is 0 Å². The van der Waals surface area contributed by atoms with Crippen LogP contribution in [-0.4, -0.2) is 27.1 Å². The lowest BCUT2D eigenvalue weighted by atomic mass is 10.2. The van der Waals surface area contributed by atoms with Crippen molar-refractivity contribution in [3.63, 3.8) is 0 Å². The second-order valence-electron chi connectivity index (χ2n) is 3.70. The number of carbonyl (C=O) groups excluding carboxylic acids is 1. The molecule has 0 unspecified atom stereocenters. The lowest BCUT2D eigenvalue weighted by Crippen LogP contribution is -2.22. The first-order chi connectivity index (χ1) is 8.90. The Hall–Kier alpha value is -1.44. The highest BCUT2D eigenvalue weighted by Crippen LogP contribution is 2.33. The van der Waals surface area contributed by atoms with Crippen LogP contribution < -0.4 is 0 Å². The molecule has 0 aliphatic carbocycles. The van der Waals surface area contributed by atoms with Crippen molar-refractivity contribution in [3.05, 3.63) is 43.8 Å². The lowest BCUT2D eigenvalue weighted by molar-refractivity contribution is -0.384. The van der Waals surface area contributed by atoms with Crippen molar-refractivity contribution in [1.82, 2.24) is 4.90 Å². The summed E-state index contributed by atoms with van der Waals surface area (Å²) >= 11 is 12.1. The molecule has 2 rings (SSSR count). The predicted molar refractivity (Wildman–Crippen MR) is 79.0 cm³/mol. The van der Waals surface area contributed by atoms with Crippen LogP contribution in [0.5, 0.6) is 0 Å². The number of benzene rings is 1. The van der Waals surface area contributed by atoms with Gasteiger partial charge >= 0.3 is 0 Å². The van der Waals surface area contributed by atoms with Gasteiger partial charge in [0.2, 0.25) is 0 Å². The normalized spacial score (nSPS) is 17.4. The largest absolute Gasteiger partial charge is 0.296 e. The predicted octanol–water partition coefficient (Wildman–Crippen LogP) is 3.08. The molecule has 1 aromatic rings. The van der Waals surface area contributed by atoms with E-state index in [1.807, 2.05) is 0 Å². The second kappa shape index (κ2) is 5.28. The zero-order chi connectivity index (χ0) is 14.2. The molecule has 1 aliphatic rings. The maximum absolute atomic E-state index is 11.8. The first-order valence-corrected chi connectivity index (χ1v) is 6.66. The third kappa shape index (κ3) is 2.78. The number of hydrogen-bond acceptors (Lipinski definition) is 5. The van der Waals surface area contributed by atoms with E-state index >= 15 is 0 Å². The molecule has 98 valence electrons. The Morgan fingerprint density at radius 1 is 1.53 bits per heavy atom. The Morgan fingerprint density at radius 2 is 2.21 bits per heavy atom. The highest BCUT2D eigenvalue weighted by molar-refractivity contribution is 8.26. The van der Waals surface area contributed by atoms with Gasteiger partial charge in [0, 0.05) is 29.8 Å². The van der Waals surface area contributed by atoms with Crippen LogP contribution in [0.1, 0.15) is 5.56 Å². The first kappa shape index (κ1) is 14.0. The molecule has 1 saturated heterocycles. The molecule has 1 fully saturated rings. The Morgan fingerprint density at radius 3 is 2.74 bits per heavy atom. The van der Waals surface area contributed by atoms with Crippen LogP contribution in [0, 0.1) is 10.1 Å². The van der Waals surface area contributed by atoms with Crippen molar-refractivity contribution < 1.29 is 9.72 Å². The molecular formula is C11H7ClN2O3S2. The van der Waals surface area contributed by atoms with Crippen molar-refractivity contribution in [3.8, 4) is 0 Å². The molecule has 1 amide bonds. The number of amides is 1. The molecule has 0 N–H and O–H groups in total. The van der Waals surface area contributed by atoms with Crippen LogP contribution >= 0.6 is 35.6 Å². The zero-order valence-electron chi connectivity index (χ0n) is 9.62. The highest BCUT2D eigenvalue weighted by Gasteiger charge is 2.29. The second-order valence-corrected chi connectivity index (χ2v) is 5.79. The molecule has 0 aromatic heterocycles. The van der Waals surface area contributed by atoms with E-state index in [1.54, 1.807) is 7.05 Å². The van der Waals surface area contributed by atoms with E-state index in [1.165, 1.54) is 29.2 Å². The maximum atomic E-state index is 11.8. The van der Waals surface area contributed by atoms with Gasteiger partial charge in [0.15, 0.2) is 0 Å². The average molecular weight is 315 g/mol. The molecule has 0 bridgehead atoms. The van der Waals surface area contributed by atoms with Crippen LogP contribution in [0.15, 0.2) is 23.1 Å². The number of non-ortho nitro benzene ring substituents is 1. The van der Waals surface area contributed by atoms with Gasteiger partial charge < -0.3 is 0 Å². The third-order valence-corrected chi connectivity index (χ3v) is 4.29. The Kier molecular flexibility index (Phi) is 3.88. The maximum Gasteiger partial charge on any atom is 0.270 e. The summed E-state index contributed by atoms with van der Waals surface area (Å²) in [5.41, 5.74) is 0.340. The number of nitrogens with zero attached hydrogens (tertiary/aromatic N) is 2. The van der Waals surface area contributed by atoms with E-state index in [-0.39, 0.29) is 11.6 Å². The Balaban J connectivity index is 2.43. The van der Waals surface area contributed by atoms with E-state index in [0.29, 0.717) is 19.8 Å². The number of thioether (sulfide) groups is 1. The summed E-state index contributed by atoms with van der Waals surface area (Å²) in [6.07, 6.45) is 1.51. The summed E-state index contributed by atoms with van der Waals surface area (Å²) in [4.78, 5) is 23.8. The fraction of sp³-hybridized carbons (Fsp3) is 0.0909. The van der Waals surface area contributed by atoms with Gasteiger partial charge in [-0.3, -0.25) is 19.8 Å². The third-order valence-electron chi connectivity index (χ3n) is 2.46. The van der Waals surface area contributed by atoms with Crippen LogP contribution in [0.4, 0.5) is 5.69 Å². The van der Waals surface area contributed by atoms with E-state index in [4.69, 9.17) is 23.8 Å². The molecule has 19 heavy (non-hydrogen) atoms. The van der Waals surface area contributed by atoms with Gasteiger partial charge in [-0.05, 0) is 12.1 Å². The minimum Gasteiger partial charge on any atom is -0.296 e. The molecule has 0 spiro atoms. The summed E-state index contributed by atoms with van der Waals surface area (Å²) in [5, 5.41) is 11.1. The Labute approximate surface area is 123 Å². The molecule has 0 saturated carbocycles. The smallest absolute Gasteiger partial charge is 0.270 e. The van der Waals surface area contributed by atoms with Gasteiger partial charge in [-0.25, -0.2) is 0 Å². The van der Waals surface area contributed by atoms with Gasteiger partial charge in [0.1, 0.15) is 4.32 Å². The van der Waals surface area contributed by atoms with Gasteiger partial charge in [0.05, 0.1) is 9.83 Å². The lowest BCUT2D eigenvalue weighted by Gasteiger charge is -2.03. The van der Waals surface area contributed by atoms with Crippen LogP contribution in [0.25, 0.3) is 6.08 Å². The number of nitro groups is 1. The average Bonchev–Trinajstić information content (AvgIpc) is 2.59. The molecule has 0 atom stereocenters. The zero-order valence-corrected chi connectivity index (χ0v) is 12.0. The topological polar surface area (TPSA) is 63.5 Å². The SMILES string of the molecule is CN1C(=O)/C(=C\c2cc([N+](=O)[O-])ccc2Cl)SC1=S. The van der Waals surface area contributed by atoms with Crippen molar-refractivity contribution in [2.45, 2.75) is 0 Å². The van der Waals surface area contributed by atoms with Crippen LogP contribution in [-0.2, 0) is 4.79 Å². The Bertz CT molecular complexity index is 630. The number of nitro benzene ring substituents is 1. The minimum absolute atomic E-state index is 0.0809. The molecule has 1 aliphatic heterocycles. The van der Waals surface area contributed by atoms with Crippen molar-refractivity contribution in [2.24, 2.45) is 0 Å². The monoisotopic (exact) mass is 314 g/mol. The molecular weight excluding hydrogens is 308 g/mol. The fourth-order valence-corrected chi connectivity index (χ4v) is 2.78. The van der Waals surface area contributed by atoms with Crippen molar-refractivity contribution in [2.75, 3.05) is 7.05 Å². The van der Waals surface area contributed by atoms with E-state index in [9.17, 15) is 14.9 Å². The van der Waals surface area contributed by atoms with Gasteiger partial charge in [0.25, 0.3) is 11.6 Å². The summed E-state index contributed by atoms with van der Waals surface area (Å²) in [6, 6.07) is 4.06. The molecule has 8 heteroatoms. The summed E-state index contributed by atoms with van der Waals surface area (Å²) < 4.78 is 0.442. The number of rotatable bonds is 2.